The van der Waals surface area contributed by atoms with E-state index in [2.05, 4.69) is 48.1 Å². The van der Waals surface area contributed by atoms with Crippen LogP contribution in [0.3, 0.4) is 0 Å². The highest BCUT2D eigenvalue weighted by Gasteiger charge is 1.92. The molecule has 14 heavy (non-hydrogen) atoms. The lowest BCUT2D eigenvalue weighted by atomic mass is 10.2. The number of aromatic nitrogens is 1. The van der Waals surface area contributed by atoms with Crippen molar-refractivity contribution in [2.45, 2.75) is 20.8 Å². The van der Waals surface area contributed by atoms with Gasteiger partial charge in [-0.3, -0.25) is 0 Å². The topological polar surface area (TPSA) is 4.93 Å². The minimum absolute atomic E-state index is 1.22. The summed E-state index contributed by atoms with van der Waals surface area (Å²) in [5.74, 6) is 0. The molecule has 0 bridgehead atoms. The lowest BCUT2D eigenvalue weighted by molar-refractivity contribution is 1.08. The molecule has 2 rings (SSSR count). The van der Waals surface area contributed by atoms with E-state index in [0.29, 0.717) is 0 Å². The predicted molar refractivity (Wildman–Crippen MR) is 61.9 cm³/mol. The molecule has 74 valence electrons. The van der Waals surface area contributed by atoms with Gasteiger partial charge in [0.25, 0.3) is 0 Å². The fraction of sp³-hybridized carbons (Fsp3) is 0.231. The molecule has 0 aliphatic carbocycles. The Kier molecular flexibility index (Phi) is 3.99. The van der Waals surface area contributed by atoms with E-state index in [4.69, 9.17) is 0 Å². The molecular weight excluding hydrogens is 170 g/mol. The predicted octanol–water partition coefficient (Wildman–Crippen LogP) is 3.81. The summed E-state index contributed by atoms with van der Waals surface area (Å²) >= 11 is 0. The molecule has 0 spiro atoms. The minimum Gasteiger partial charge on any atom is -0.324 e. The highest BCUT2D eigenvalue weighted by Crippen LogP contribution is 2.09. The summed E-state index contributed by atoms with van der Waals surface area (Å²) in [6.07, 6.45) is 4.10. The largest absolute Gasteiger partial charge is 0.324 e. The van der Waals surface area contributed by atoms with E-state index in [1.807, 2.05) is 26.0 Å². The van der Waals surface area contributed by atoms with Crippen LogP contribution < -0.4 is 0 Å². The standard InChI is InChI=1S/C11H11N.C2H6/c1-10-5-4-6-11(9-10)12-7-2-3-8-12;1-2/h2-9H,1H3;1-2H3. The van der Waals surface area contributed by atoms with Gasteiger partial charge in [-0.15, -0.1) is 0 Å². The Morgan fingerprint density at radius 1 is 0.929 bits per heavy atom. The molecule has 0 atom stereocenters. The van der Waals surface area contributed by atoms with Crippen molar-refractivity contribution in [1.29, 1.82) is 0 Å². The van der Waals surface area contributed by atoms with Gasteiger partial charge < -0.3 is 4.57 Å². The van der Waals surface area contributed by atoms with Crippen LogP contribution in [0.5, 0.6) is 0 Å². The minimum atomic E-state index is 1.22. The fourth-order valence-corrected chi connectivity index (χ4v) is 1.30. The molecule has 0 N–H and O–H groups in total. The molecule has 0 saturated carbocycles. The van der Waals surface area contributed by atoms with E-state index < -0.39 is 0 Å². The first-order chi connectivity index (χ1) is 6.86. The average Bonchev–Trinajstić information content (AvgIpc) is 2.74. The Morgan fingerprint density at radius 3 is 2.14 bits per heavy atom. The normalized spacial score (nSPS) is 9.07. The van der Waals surface area contributed by atoms with E-state index in [1.165, 1.54) is 11.3 Å². The molecule has 0 unspecified atom stereocenters. The lowest BCUT2D eigenvalue weighted by Gasteiger charge is -2.02. The van der Waals surface area contributed by atoms with Gasteiger partial charge >= 0.3 is 0 Å². The van der Waals surface area contributed by atoms with E-state index in [0.717, 1.165) is 0 Å². The molecule has 1 aromatic heterocycles. The number of benzene rings is 1. The quantitative estimate of drug-likeness (QED) is 0.639. The van der Waals surface area contributed by atoms with Crippen molar-refractivity contribution in [3.63, 3.8) is 0 Å². The molecule has 1 heterocycles. The molecule has 0 saturated heterocycles. The molecule has 0 aliphatic rings. The smallest absolute Gasteiger partial charge is 0.0451 e. The van der Waals surface area contributed by atoms with Gasteiger partial charge in [0.1, 0.15) is 0 Å². The Bertz CT molecular complexity index is 360. The maximum Gasteiger partial charge on any atom is 0.0451 e. The summed E-state index contributed by atoms with van der Waals surface area (Å²) in [4.78, 5) is 0. The molecular formula is C13H17N. The van der Waals surface area contributed by atoms with Gasteiger partial charge in [0.15, 0.2) is 0 Å². The Morgan fingerprint density at radius 2 is 1.57 bits per heavy atom. The molecule has 1 heteroatoms. The van der Waals surface area contributed by atoms with Gasteiger partial charge in [-0.1, -0.05) is 26.0 Å². The summed E-state index contributed by atoms with van der Waals surface area (Å²) in [6.45, 7) is 6.10. The highest BCUT2D eigenvalue weighted by molar-refractivity contribution is 5.35. The van der Waals surface area contributed by atoms with Crippen molar-refractivity contribution in [2.75, 3.05) is 0 Å². The number of hydrogen-bond acceptors (Lipinski definition) is 0. The zero-order valence-electron chi connectivity index (χ0n) is 9.07. The molecule has 0 radical (unpaired) electrons. The average molecular weight is 187 g/mol. The Labute approximate surface area is 86.0 Å². The molecule has 1 aromatic carbocycles. The van der Waals surface area contributed by atoms with Crippen molar-refractivity contribution in [1.82, 2.24) is 4.57 Å². The summed E-state index contributed by atoms with van der Waals surface area (Å²) in [7, 11) is 0. The second-order valence-corrected chi connectivity index (χ2v) is 2.93. The fourth-order valence-electron chi connectivity index (χ4n) is 1.30. The van der Waals surface area contributed by atoms with Crippen LogP contribution in [0.1, 0.15) is 19.4 Å². The maximum atomic E-state index is 2.17. The van der Waals surface area contributed by atoms with Crippen LogP contribution in [-0.4, -0.2) is 4.57 Å². The molecule has 1 nitrogen and oxygen atoms in total. The zero-order valence-corrected chi connectivity index (χ0v) is 9.07. The van der Waals surface area contributed by atoms with Crippen molar-refractivity contribution in [3.05, 3.63) is 54.4 Å². The number of rotatable bonds is 1. The first-order valence-electron chi connectivity index (χ1n) is 5.06. The number of nitrogens with zero attached hydrogens (tertiary/aromatic N) is 1. The molecule has 2 aromatic rings. The van der Waals surface area contributed by atoms with Gasteiger partial charge in [0.05, 0.1) is 0 Å². The van der Waals surface area contributed by atoms with Crippen LogP contribution in [0.2, 0.25) is 0 Å². The van der Waals surface area contributed by atoms with E-state index in [9.17, 15) is 0 Å². The number of aryl methyl sites for hydroxylation is 1. The van der Waals surface area contributed by atoms with Gasteiger partial charge in [-0.05, 0) is 36.8 Å². The van der Waals surface area contributed by atoms with Crippen LogP contribution in [0.15, 0.2) is 48.8 Å². The zero-order chi connectivity index (χ0) is 10.4. The van der Waals surface area contributed by atoms with Crippen LogP contribution in [0.4, 0.5) is 0 Å². The maximum absolute atomic E-state index is 2.17. The van der Waals surface area contributed by atoms with Gasteiger partial charge in [0.2, 0.25) is 0 Å². The van der Waals surface area contributed by atoms with Gasteiger partial charge in [0, 0.05) is 18.1 Å². The highest BCUT2D eigenvalue weighted by atomic mass is 14.9. The second kappa shape index (κ2) is 5.28. The third-order valence-corrected chi connectivity index (χ3v) is 1.90. The van der Waals surface area contributed by atoms with E-state index >= 15 is 0 Å². The third kappa shape index (κ3) is 2.49. The van der Waals surface area contributed by atoms with Crippen molar-refractivity contribution >= 4 is 0 Å². The summed E-state index contributed by atoms with van der Waals surface area (Å²) < 4.78 is 2.10. The van der Waals surface area contributed by atoms with Crippen LogP contribution in [-0.2, 0) is 0 Å². The summed E-state index contributed by atoms with van der Waals surface area (Å²) in [5.41, 5.74) is 2.52. The van der Waals surface area contributed by atoms with Gasteiger partial charge in [-0.2, -0.15) is 0 Å². The monoisotopic (exact) mass is 187 g/mol. The number of hydrogen-bond donors (Lipinski definition) is 0. The van der Waals surface area contributed by atoms with Crippen molar-refractivity contribution in [2.24, 2.45) is 0 Å². The van der Waals surface area contributed by atoms with Crippen molar-refractivity contribution in [3.8, 4) is 5.69 Å². The molecule has 0 aliphatic heterocycles. The molecule has 0 amide bonds. The third-order valence-electron chi connectivity index (χ3n) is 1.90. The summed E-state index contributed by atoms with van der Waals surface area (Å²) in [5, 5.41) is 0. The summed E-state index contributed by atoms with van der Waals surface area (Å²) in [6, 6.07) is 12.5. The van der Waals surface area contributed by atoms with E-state index in [1.54, 1.807) is 0 Å². The van der Waals surface area contributed by atoms with Gasteiger partial charge in [-0.25, -0.2) is 0 Å². The Balaban J connectivity index is 0.000000461. The molecule has 0 fully saturated rings. The first kappa shape index (κ1) is 10.6. The second-order valence-electron chi connectivity index (χ2n) is 2.93. The van der Waals surface area contributed by atoms with Crippen LogP contribution >= 0.6 is 0 Å². The van der Waals surface area contributed by atoms with E-state index in [-0.39, 0.29) is 0 Å². The SMILES string of the molecule is CC.Cc1cccc(-n2cccc2)c1. The lowest BCUT2D eigenvalue weighted by Crippen LogP contribution is -1.88. The van der Waals surface area contributed by atoms with Crippen molar-refractivity contribution < 1.29 is 0 Å². The Hall–Kier alpha value is -1.50. The van der Waals surface area contributed by atoms with Crippen LogP contribution in [0, 0.1) is 6.92 Å². The van der Waals surface area contributed by atoms with Crippen LogP contribution in [0.25, 0.3) is 5.69 Å². The first-order valence-corrected chi connectivity index (χ1v) is 5.06.